The molecular weight excluding hydrogens is 580 g/mol. The van der Waals surface area contributed by atoms with Gasteiger partial charge in [0.15, 0.2) is 0 Å². The number of imide groups is 1. The normalized spacial score (nSPS) is 24.9. The van der Waals surface area contributed by atoms with Gasteiger partial charge in [-0.3, -0.25) is 34.7 Å². The van der Waals surface area contributed by atoms with E-state index < -0.39 is 52.0 Å². The number of carbonyl (C=O) groups excluding carboxylic acids is 2. The molecule has 2 aliphatic rings. The van der Waals surface area contributed by atoms with E-state index in [1.165, 1.54) is 17.4 Å². The first-order valence-electron chi connectivity index (χ1n) is 11.6. The van der Waals surface area contributed by atoms with E-state index in [-0.39, 0.29) is 18.7 Å². The zero-order chi connectivity index (χ0) is 26.8. The number of aromatic nitrogens is 1. The summed E-state index contributed by atoms with van der Waals surface area (Å²) < 4.78 is 5.99. The lowest BCUT2D eigenvalue weighted by Crippen LogP contribution is -2.57. The van der Waals surface area contributed by atoms with E-state index in [0.717, 1.165) is 25.7 Å². The second-order valence-electron chi connectivity index (χ2n) is 9.34. The minimum atomic E-state index is -1.78. The van der Waals surface area contributed by atoms with Crippen molar-refractivity contribution in [2.45, 2.75) is 24.5 Å². The highest BCUT2D eigenvalue weighted by atomic mass is 79.9. The van der Waals surface area contributed by atoms with Gasteiger partial charge < -0.3 is 14.5 Å². The number of hydrogen-bond donors (Lipinski definition) is 3. The molecule has 2 saturated heterocycles. The Bertz CT molecular complexity index is 1630. The van der Waals surface area contributed by atoms with E-state index >= 15 is 0 Å². The molecule has 0 radical (unpaired) electrons. The number of aromatic amines is 1. The van der Waals surface area contributed by atoms with Crippen molar-refractivity contribution in [3.63, 3.8) is 0 Å². The van der Waals surface area contributed by atoms with Crippen LogP contribution in [-0.2, 0) is 27.3 Å². The van der Waals surface area contributed by atoms with E-state index in [2.05, 4.69) is 26.2 Å². The summed E-state index contributed by atoms with van der Waals surface area (Å²) in [4.78, 5) is 55.8. The largest absolute Gasteiger partial charge is 0.480 e. The molecule has 0 bridgehead atoms. The lowest BCUT2D eigenvalue weighted by Gasteiger charge is -2.31. The van der Waals surface area contributed by atoms with Gasteiger partial charge in [0.1, 0.15) is 16.2 Å². The van der Waals surface area contributed by atoms with Crippen molar-refractivity contribution >= 4 is 61.8 Å². The van der Waals surface area contributed by atoms with Gasteiger partial charge in [0.2, 0.25) is 11.8 Å². The van der Waals surface area contributed by atoms with Crippen molar-refractivity contribution < 1.29 is 28.8 Å². The Morgan fingerprint density at radius 3 is 2.66 bits per heavy atom. The summed E-state index contributed by atoms with van der Waals surface area (Å²) in [5.41, 5.74) is -0.262. The highest BCUT2D eigenvalue weighted by Crippen LogP contribution is 2.52. The number of fused-ring (bicyclic) bond motifs is 2. The fourth-order valence-electron chi connectivity index (χ4n) is 5.68. The van der Waals surface area contributed by atoms with Crippen LogP contribution in [0, 0.1) is 22.0 Å². The molecule has 38 heavy (non-hydrogen) atoms. The predicted octanol–water partition coefficient (Wildman–Crippen LogP) is 4.00. The molecule has 0 aliphatic carbocycles. The molecule has 2 fully saturated rings. The molecule has 0 spiro atoms. The number of aliphatic carboxylic acids is 1. The first kappa shape index (κ1) is 24.5. The number of nitro groups is 1. The predicted molar refractivity (Wildman–Crippen MR) is 138 cm³/mol. The molecule has 194 valence electrons. The molecule has 6 rings (SSSR count). The summed E-state index contributed by atoms with van der Waals surface area (Å²) in [6, 6.07) is 12.8. The number of carboxylic acids is 1. The first-order chi connectivity index (χ1) is 18.2. The number of carboxylic acid groups (broad SMARTS) is 1. The fourth-order valence-corrected chi connectivity index (χ4v) is 7.20. The van der Waals surface area contributed by atoms with Crippen LogP contribution < -0.4 is 5.32 Å². The molecule has 11 nitrogen and oxygen atoms in total. The van der Waals surface area contributed by atoms with Gasteiger partial charge in [0.05, 0.1) is 34.3 Å². The minimum absolute atomic E-state index is 0.0460. The monoisotopic (exact) mass is 598 g/mol. The van der Waals surface area contributed by atoms with Gasteiger partial charge in [-0.25, -0.2) is 0 Å². The third-order valence-electron chi connectivity index (χ3n) is 7.31. The number of amides is 2. The number of halogens is 1. The number of furan rings is 1. The SMILES string of the molecule is O=C1C2C(c3ccc(Br)s3)NC(Cc3c[nH]c4ccccc34)(C(=O)O)C2C(=O)N1Cc1ccc([N+](=O)[O-])o1. The number of para-hydroxylation sites is 1. The van der Waals surface area contributed by atoms with Crippen molar-refractivity contribution in [1.29, 1.82) is 0 Å². The van der Waals surface area contributed by atoms with Crippen molar-refractivity contribution in [3.8, 4) is 0 Å². The van der Waals surface area contributed by atoms with E-state index in [0.29, 0.717) is 10.4 Å². The third-order valence-corrected chi connectivity index (χ3v) is 9.02. The smallest absolute Gasteiger partial charge is 0.433 e. The number of thiophene rings is 1. The molecule has 3 aromatic heterocycles. The molecule has 4 atom stereocenters. The zero-order valence-corrected chi connectivity index (χ0v) is 21.8. The maximum Gasteiger partial charge on any atom is 0.433 e. The summed E-state index contributed by atoms with van der Waals surface area (Å²) in [6.45, 7) is -0.331. The molecule has 0 saturated carbocycles. The van der Waals surface area contributed by atoms with Gasteiger partial charge in [-0.1, -0.05) is 18.2 Å². The van der Waals surface area contributed by atoms with Gasteiger partial charge in [-0.15, -0.1) is 11.3 Å². The molecular formula is C25H19BrN4O7S. The number of H-pyrrole nitrogens is 1. The summed E-state index contributed by atoms with van der Waals surface area (Å²) in [6.07, 6.45) is 1.68. The van der Waals surface area contributed by atoms with Crippen LogP contribution in [0.25, 0.3) is 10.9 Å². The Labute approximate surface area is 226 Å². The first-order valence-corrected chi connectivity index (χ1v) is 13.2. The Kier molecular flexibility index (Phi) is 5.74. The quantitative estimate of drug-likeness (QED) is 0.163. The van der Waals surface area contributed by atoms with Crippen LogP contribution in [0.2, 0.25) is 0 Å². The van der Waals surface area contributed by atoms with Crippen molar-refractivity contribution in [2.75, 3.05) is 0 Å². The van der Waals surface area contributed by atoms with Crippen molar-refractivity contribution in [3.05, 3.63) is 84.8 Å². The van der Waals surface area contributed by atoms with Crippen LogP contribution in [0.1, 0.15) is 22.2 Å². The van der Waals surface area contributed by atoms with Crippen molar-refractivity contribution in [1.82, 2.24) is 15.2 Å². The molecule has 4 aromatic rings. The lowest BCUT2D eigenvalue weighted by atomic mass is 9.76. The maximum atomic E-state index is 13.8. The Morgan fingerprint density at radius 1 is 1.18 bits per heavy atom. The number of carbonyl (C=O) groups is 3. The van der Waals surface area contributed by atoms with Crippen LogP contribution in [0.15, 0.2) is 62.9 Å². The topological polar surface area (TPSA) is 159 Å². The standard InChI is InChI=1S/C25H19BrN4O7S/c26-17-7-6-16(38-17)21-19-20(23(32)29(22(19)31)11-13-5-8-18(37-13)30(35)36)25(28-21,24(33)34)9-12-10-27-15-4-2-1-3-14(12)15/h1-8,10,19-21,27-28H,9,11H2,(H,33,34). The summed E-state index contributed by atoms with van der Waals surface area (Å²) in [7, 11) is 0. The summed E-state index contributed by atoms with van der Waals surface area (Å²) >= 11 is 4.77. The maximum absolute atomic E-state index is 13.8. The Morgan fingerprint density at radius 2 is 1.97 bits per heavy atom. The Hall–Kier alpha value is -3.81. The second-order valence-corrected chi connectivity index (χ2v) is 11.8. The third kappa shape index (κ3) is 3.68. The summed E-state index contributed by atoms with van der Waals surface area (Å²) in [5.74, 6) is -5.11. The number of hydrogen-bond acceptors (Lipinski definition) is 8. The molecule has 2 amide bonds. The molecule has 13 heteroatoms. The minimum Gasteiger partial charge on any atom is -0.480 e. The van der Waals surface area contributed by atoms with Gasteiger partial charge in [-0.05, 0) is 45.8 Å². The van der Waals surface area contributed by atoms with Crippen LogP contribution in [0.3, 0.4) is 0 Å². The molecule has 1 aromatic carbocycles. The number of nitrogens with one attached hydrogen (secondary N) is 2. The molecule has 4 unspecified atom stereocenters. The highest BCUT2D eigenvalue weighted by Gasteiger charge is 2.68. The van der Waals surface area contributed by atoms with Crippen molar-refractivity contribution in [2.24, 2.45) is 11.8 Å². The van der Waals surface area contributed by atoms with Crippen LogP contribution in [0.5, 0.6) is 0 Å². The number of benzene rings is 1. The lowest BCUT2D eigenvalue weighted by molar-refractivity contribution is -0.402. The van der Waals surface area contributed by atoms with Crippen LogP contribution >= 0.6 is 27.3 Å². The molecule has 2 aliphatic heterocycles. The van der Waals surface area contributed by atoms with Gasteiger partial charge in [0.25, 0.3) is 0 Å². The van der Waals surface area contributed by atoms with Crippen LogP contribution in [-0.4, -0.2) is 43.2 Å². The second kappa shape index (κ2) is 8.89. The summed E-state index contributed by atoms with van der Waals surface area (Å²) in [5, 5.41) is 25.7. The van der Waals surface area contributed by atoms with E-state index in [1.807, 2.05) is 24.3 Å². The van der Waals surface area contributed by atoms with Crippen LogP contribution in [0.4, 0.5) is 5.88 Å². The molecule has 5 heterocycles. The van der Waals surface area contributed by atoms with Gasteiger partial charge in [0, 0.05) is 28.4 Å². The number of rotatable bonds is 7. The van der Waals surface area contributed by atoms with Gasteiger partial charge in [-0.2, -0.15) is 0 Å². The average Bonchev–Trinajstić information content (AvgIpc) is 3.69. The number of nitrogens with zero attached hydrogens (tertiary/aromatic N) is 2. The average molecular weight is 599 g/mol. The zero-order valence-electron chi connectivity index (χ0n) is 19.4. The highest BCUT2D eigenvalue weighted by molar-refractivity contribution is 9.11. The van der Waals surface area contributed by atoms with E-state index in [4.69, 9.17) is 4.42 Å². The van der Waals surface area contributed by atoms with E-state index in [9.17, 15) is 29.6 Å². The van der Waals surface area contributed by atoms with Gasteiger partial charge >= 0.3 is 11.9 Å². The van der Waals surface area contributed by atoms with E-state index in [1.54, 1.807) is 18.3 Å². The number of likely N-dealkylation sites (tertiary alicyclic amines) is 1. The fraction of sp³-hybridized carbons (Fsp3) is 0.240. The Balaban J connectivity index is 1.44. The molecule has 3 N–H and O–H groups in total.